The number of benzene rings is 1. The van der Waals surface area contributed by atoms with Crippen molar-refractivity contribution in [3.63, 3.8) is 0 Å². The monoisotopic (exact) mass is 567 g/mol. The molecular formula is C22H28F3N3O5S3. The predicted molar refractivity (Wildman–Crippen MR) is 131 cm³/mol. The molecule has 1 N–H and O–H groups in total. The highest BCUT2D eigenvalue weighted by molar-refractivity contribution is 7.91. The lowest BCUT2D eigenvalue weighted by atomic mass is 9.95. The van der Waals surface area contributed by atoms with Gasteiger partial charge in [-0.1, -0.05) is 18.2 Å². The topological polar surface area (TPSA) is 98.2 Å². The highest BCUT2D eigenvalue weighted by Crippen LogP contribution is 2.39. The molecule has 2 atom stereocenters. The molecule has 0 radical (unpaired) electrons. The van der Waals surface area contributed by atoms with E-state index in [4.69, 9.17) is 0 Å². The number of nitrogens with zero attached hydrogens (tertiary/aromatic N) is 3. The Labute approximate surface area is 213 Å². The molecule has 0 bridgehead atoms. The maximum atomic E-state index is 13.3. The second-order valence-electron chi connectivity index (χ2n) is 9.32. The zero-order valence-electron chi connectivity index (χ0n) is 19.7. The van der Waals surface area contributed by atoms with Crippen molar-refractivity contribution in [2.75, 3.05) is 37.3 Å². The normalized spacial score (nSPS) is 22.1. The van der Waals surface area contributed by atoms with Gasteiger partial charge in [0.1, 0.15) is 4.21 Å². The van der Waals surface area contributed by atoms with Gasteiger partial charge >= 0.3 is 6.18 Å². The molecule has 1 aromatic heterocycles. The molecule has 0 spiro atoms. The Morgan fingerprint density at radius 3 is 2.22 bits per heavy atom. The highest BCUT2D eigenvalue weighted by Gasteiger charge is 2.51. The summed E-state index contributed by atoms with van der Waals surface area (Å²) in [5.41, 5.74) is -2.85. The van der Waals surface area contributed by atoms with E-state index in [0.717, 1.165) is 30.4 Å². The van der Waals surface area contributed by atoms with Gasteiger partial charge in [-0.2, -0.15) is 21.8 Å². The molecule has 0 unspecified atom stereocenters. The molecule has 8 nitrogen and oxygen atoms in total. The van der Waals surface area contributed by atoms with Gasteiger partial charge in [-0.15, -0.1) is 11.3 Å². The lowest BCUT2D eigenvalue weighted by molar-refractivity contribution is -0.258. The molecule has 2 heterocycles. The fourth-order valence-electron chi connectivity index (χ4n) is 4.35. The molecule has 1 aliphatic carbocycles. The van der Waals surface area contributed by atoms with Gasteiger partial charge in [0.25, 0.3) is 10.0 Å². The van der Waals surface area contributed by atoms with E-state index in [0.29, 0.717) is 12.6 Å². The number of aliphatic hydroxyl groups is 1. The van der Waals surface area contributed by atoms with E-state index in [1.807, 2.05) is 4.90 Å². The minimum absolute atomic E-state index is 0.0149. The van der Waals surface area contributed by atoms with Crippen molar-refractivity contribution in [3.8, 4) is 0 Å². The van der Waals surface area contributed by atoms with E-state index in [2.05, 4.69) is 0 Å². The van der Waals surface area contributed by atoms with E-state index < -0.39 is 37.9 Å². The Kier molecular flexibility index (Phi) is 7.25. The smallest absolute Gasteiger partial charge is 0.376 e. The standard InChI is InChI=1S/C22H28F3N3O5S3/c1-21(29,22(23,24)25)16-5-7-17(8-6-16)27-12-11-26(36(32,33)20-4-3-13-34-20)14-19(27)15-28(18-9-10-18)35(2,30)31/h3-8,13,18-19,29H,9-12,14-15H2,1-2H3/t19-,21-/m1/s1. The lowest BCUT2D eigenvalue weighted by Gasteiger charge is -2.43. The van der Waals surface area contributed by atoms with Gasteiger partial charge in [0.15, 0.2) is 5.60 Å². The number of piperazine rings is 1. The molecule has 2 aliphatic rings. The Morgan fingerprint density at radius 1 is 1.08 bits per heavy atom. The zero-order chi connectivity index (χ0) is 26.5. The Morgan fingerprint density at radius 2 is 1.72 bits per heavy atom. The number of alkyl halides is 3. The molecule has 1 saturated heterocycles. The molecule has 2 aromatic rings. The van der Waals surface area contributed by atoms with Crippen molar-refractivity contribution in [1.82, 2.24) is 8.61 Å². The quantitative estimate of drug-likeness (QED) is 0.527. The maximum Gasteiger partial charge on any atom is 0.421 e. The third kappa shape index (κ3) is 5.43. The third-order valence-electron chi connectivity index (χ3n) is 6.62. The molecule has 36 heavy (non-hydrogen) atoms. The third-order valence-corrected chi connectivity index (χ3v) is 11.2. The van der Waals surface area contributed by atoms with Crippen molar-refractivity contribution >= 4 is 37.1 Å². The summed E-state index contributed by atoms with van der Waals surface area (Å²) in [5.74, 6) is 0. The number of sulfonamides is 2. The molecule has 0 amide bonds. The Hall–Kier alpha value is -1.71. The van der Waals surface area contributed by atoms with Crippen LogP contribution in [0, 0.1) is 0 Å². The van der Waals surface area contributed by atoms with Crippen molar-refractivity contribution in [2.24, 2.45) is 0 Å². The molecular weight excluding hydrogens is 539 g/mol. The Balaban J connectivity index is 1.65. The number of halogens is 3. The number of rotatable bonds is 8. The molecule has 1 aromatic carbocycles. The minimum Gasteiger partial charge on any atom is -0.376 e. The van der Waals surface area contributed by atoms with Crippen LogP contribution >= 0.6 is 11.3 Å². The first kappa shape index (κ1) is 27.3. The van der Waals surface area contributed by atoms with Gasteiger partial charge in [0.05, 0.1) is 12.3 Å². The summed E-state index contributed by atoms with van der Waals surface area (Å²) in [7, 11) is -7.34. The summed E-state index contributed by atoms with van der Waals surface area (Å²) < 4.78 is 94.0. The molecule has 200 valence electrons. The van der Waals surface area contributed by atoms with Crippen LogP contribution in [-0.2, 0) is 25.6 Å². The van der Waals surface area contributed by atoms with E-state index in [-0.39, 0.29) is 42.0 Å². The number of hydrogen-bond acceptors (Lipinski definition) is 7. The Bertz CT molecular complexity index is 1280. The van der Waals surface area contributed by atoms with Gasteiger partial charge in [-0.3, -0.25) is 0 Å². The first-order valence-corrected chi connectivity index (χ1v) is 15.5. The summed E-state index contributed by atoms with van der Waals surface area (Å²) in [6, 6.07) is 7.68. The van der Waals surface area contributed by atoms with Crippen LogP contribution in [0.15, 0.2) is 46.0 Å². The average molecular weight is 568 g/mol. The van der Waals surface area contributed by atoms with Crippen LogP contribution in [0.1, 0.15) is 25.3 Å². The highest BCUT2D eigenvalue weighted by atomic mass is 32.2. The van der Waals surface area contributed by atoms with Crippen LogP contribution in [0.5, 0.6) is 0 Å². The van der Waals surface area contributed by atoms with Crippen LogP contribution in [0.25, 0.3) is 0 Å². The van der Waals surface area contributed by atoms with Gasteiger partial charge in [0, 0.05) is 37.9 Å². The lowest BCUT2D eigenvalue weighted by Crippen LogP contribution is -2.59. The number of anilines is 1. The van der Waals surface area contributed by atoms with Crippen molar-refractivity contribution in [2.45, 2.75) is 47.8 Å². The van der Waals surface area contributed by atoms with Crippen LogP contribution in [-0.4, -0.2) is 81.2 Å². The van der Waals surface area contributed by atoms with Gasteiger partial charge in [0.2, 0.25) is 10.0 Å². The van der Waals surface area contributed by atoms with Gasteiger partial charge in [-0.05, 0) is 48.9 Å². The number of hydrogen-bond donors (Lipinski definition) is 1. The maximum absolute atomic E-state index is 13.3. The molecule has 2 fully saturated rings. The fraction of sp³-hybridized carbons (Fsp3) is 0.545. The second kappa shape index (κ2) is 9.55. The molecule has 1 saturated carbocycles. The minimum atomic E-state index is -4.86. The van der Waals surface area contributed by atoms with E-state index in [9.17, 15) is 35.1 Å². The summed E-state index contributed by atoms with van der Waals surface area (Å²) in [6.45, 7) is 1.08. The molecule has 4 rings (SSSR count). The van der Waals surface area contributed by atoms with E-state index in [1.165, 1.54) is 38.9 Å². The van der Waals surface area contributed by atoms with Crippen LogP contribution in [0.2, 0.25) is 0 Å². The second-order valence-corrected chi connectivity index (χ2v) is 14.4. The first-order valence-electron chi connectivity index (χ1n) is 11.3. The first-order chi connectivity index (χ1) is 16.6. The zero-order valence-corrected chi connectivity index (χ0v) is 22.2. The van der Waals surface area contributed by atoms with Crippen LogP contribution in [0.3, 0.4) is 0 Å². The van der Waals surface area contributed by atoms with E-state index >= 15 is 0 Å². The van der Waals surface area contributed by atoms with E-state index in [1.54, 1.807) is 11.4 Å². The SMILES string of the molecule is C[C@@](O)(c1ccc(N2CCN(S(=O)(=O)c3cccs3)C[C@@H]2CN(C2CC2)S(C)(=O)=O)cc1)C(F)(F)F. The summed E-state index contributed by atoms with van der Waals surface area (Å²) >= 11 is 1.10. The summed E-state index contributed by atoms with van der Waals surface area (Å²) in [6.07, 6.45) is -2.30. The van der Waals surface area contributed by atoms with Crippen LogP contribution < -0.4 is 4.90 Å². The summed E-state index contributed by atoms with van der Waals surface area (Å²) in [5, 5.41) is 11.6. The van der Waals surface area contributed by atoms with Crippen molar-refractivity contribution < 1.29 is 35.1 Å². The largest absolute Gasteiger partial charge is 0.421 e. The average Bonchev–Trinajstić information content (AvgIpc) is 3.46. The fourth-order valence-corrected chi connectivity index (χ4v) is 8.15. The number of thiophene rings is 1. The van der Waals surface area contributed by atoms with Crippen LogP contribution in [0.4, 0.5) is 18.9 Å². The molecule has 14 heteroatoms. The van der Waals surface area contributed by atoms with Gasteiger partial charge in [-0.25, -0.2) is 16.8 Å². The van der Waals surface area contributed by atoms with Crippen molar-refractivity contribution in [3.05, 3.63) is 47.3 Å². The molecule has 1 aliphatic heterocycles. The van der Waals surface area contributed by atoms with Crippen molar-refractivity contribution in [1.29, 1.82) is 0 Å². The predicted octanol–water partition coefficient (Wildman–Crippen LogP) is 2.82. The summed E-state index contributed by atoms with van der Waals surface area (Å²) in [4.78, 5) is 1.83. The van der Waals surface area contributed by atoms with Gasteiger partial charge < -0.3 is 10.0 Å².